The number of rotatable bonds is 2. The van der Waals surface area contributed by atoms with Crippen molar-refractivity contribution < 1.29 is 15.0 Å². The summed E-state index contributed by atoms with van der Waals surface area (Å²) in [6.07, 6.45) is 1.41. The van der Waals surface area contributed by atoms with Gasteiger partial charge in [0.05, 0.1) is 16.9 Å². The zero-order chi connectivity index (χ0) is 13.3. The zero-order valence-corrected chi connectivity index (χ0v) is 10.7. The molecule has 0 radical (unpaired) electrons. The van der Waals surface area contributed by atoms with Crippen molar-refractivity contribution in [3.05, 3.63) is 23.4 Å². The second kappa shape index (κ2) is 4.57. The van der Waals surface area contributed by atoms with Gasteiger partial charge in [-0.3, -0.25) is 0 Å². The van der Waals surface area contributed by atoms with E-state index >= 15 is 0 Å². The summed E-state index contributed by atoms with van der Waals surface area (Å²) in [5.74, 6) is -0.166. The van der Waals surface area contributed by atoms with Gasteiger partial charge in [-0.1, -0.05) is 0 Å². The maximum absolute atomic E-state index is 10.9. The van der Waals surface area contributed by atoms with E-state index in [1.165, 1.54) is 0 Å². The van der Waals surface area contributed by atoms with Crippen molar-refractivity contribution in [3.63, 3.8) is 0 Å². The molecule has 1 aromatic heterocycles. The van der Waals surface area contributed by atoms with Crippen LogP contribution < -0.4 is 4.90 Å². The van der Waals surface area contributed by atoms with E-state index in [1.807, 2.05) is 6.92 Å². The summed E-state index contributed by atoms with van der Waals surface area (Å²) >= 11 is 0. The fourth-order valence-electron chi connectivity index (χ4n) is 2.17. The van der Waals surface area contributed by atoms with E-state index in [1.54, 1.807) is 19.1 Å². The summed E-state index contributed by atoms with van der Waals surface area (Å²) in [6.45, 7) is 5.03. The van der Waals surface area contributed by atoms with Gasteiger partial charge in [-0.15, -0.1) is 0 Å². The minimum atomic E-state index is -0.951. The van der Waals surface area contributed by atoms with Crippen LogP contribution in [0.25, 0.3) is 0 Å². The van der Waals surface area contributed by atoms with Crippen LogP contribution in [0, 0.1) is 6.92 Å². The van der Waals surface area contributed by atoms with Gasteiger partial charge in [0.1, 0.15) is 5.82 Å². The third-order valence-corrected chi connectivity index (χ3v) is 3.47. The maximum Gasteiger partial charge on any atom is 0.337 e. The molecular weight excluding hydrogens is 232 g/mol. The molecule has 5 nitrogen and oxygen atoms in total. The maximum atomic E-state index is 10.9. The van der Waals surface area contributed by atoms with Crippen LogP contribution in [-0.4, -0.2) is 39.9 Å². The molecule has 1 aliphatic rings. The summed E-state index contributed by atoms with van der Waals surface area (Å²) in [6, 6.07) is 3.32. The first-order chi connectivity index (χ1) is 8.39. The predicted molar refractivity (Wildman–Crippen MR) is 68.0 cm³/mol. The predicted octanol–water partition coefficient (Wildman–Crippen LogP) is 1.44. The molecule has 0 spiro atoms. The molecule has 0 saturated carbocycles. The quantitative estimate of drug-likeness (QED) is 0.830. The van der Waals surface area contributed by atoms with Gasteiger partial charge < -0.3 is 15.1 Å². The average Bonchev–Trinajstić information content (AvgIpc) is 2.28. The molecule has 0 unspecified atom stereocenters. The fourth-order valence-corrected chi connectivity index (χ4v) is 2.17. The van der Waals surface area contributed by atoms with E-state index in [2.05, 4.69) is 9.88 Å². The van der Waals surface area contributed by atoms with Crippen molar-refractivity contribution >= 4 is 11.8 Å². The smallest absolute Gasteiger partial charge is 0.337 e. The van der Waals surface area contributed by atoms with Crippen molar-refractivity contribution in [2.45, 2.75) is 32.3 Å². The molecule has 1 saturated heterocycles. The van der Waals surface area contributed by atoms with Gasteiger partial charge in [-0.25, -0.2) is 9.78 Å². The highest BCUT2D eigenvalue weighted by atomic mass is 16.4. The van der Waals surface area contributed by atoms with Gasteiger partial charge in [-0.05, 0) is 38.8 Å². The van der Waals surface area contributed by atoms with E-state index in [4.69, 9.17) is 5.11 Å². The van der Waals surface area contributed by atoms with Crippen LogP contribution in [0.3, 0.4) is 0 Å². The number of hydrogen-bond donors (Lipinski definition) is 2. The topological polar surface area (TPSA) is 73.7 Å². The summed E-state index contributed by atoms with van der Waals surface area (Å²) in [5.41, 5.74) is 0.173. The Morgan fingerprint density at radius 3 is 2.50 bits per heavy atom. The fraction of sp³-hybridized carbons (Fsp3) is 0.538. The lowest BCUT2D eigenvalue weighted by Gasteiger charge is -2.36. The lowest BCUT2D eigenvalue weighted by molar-refractivity contribution is 0.0350. The second-order valence-electron chi connectivity index (χ2n) is 5.09. The Labute approximate surface area is 106 Å². The van der Waals surface area contributed by atoms with Crippen molar-refractivity contribution in [3.8, 4) is 0 Å². The first-order valence-corrected chi connectivity index (χ1v) is 6.07. The minimum absolute atomic E-state index is 0.239. The number of hydrogen-bond acceptors (Lipinski definition) is 4. The summed E-state index contributed by atoms with van der Waals surface area (Å²) in [4.78, 5) is 17.3. The van der Waals surface area contributed by atoms with E-state index in [-0.39, 0.29) is 5.56 Å². The number of aliphatic hydroxyl groups is 1. The molecule has 2 N–H and O–H groups in total. The Balaban J connectivity index is 2.16. The Morgan fingerprint density at radius 1 is 1.39 bits per heavy atom. The number of nitrogens with zero attached hydrogens (tertiary/aromatic N) is 2. The highest BCUT2D eigenvalue weighted by Crippen LogP contribution is 2.25. The number of pyridine rings is 1. The van der Waals surface area contributed by atoms with Crippen molar-refractivity contribution in [2.75, 3.05) is 18.0 Å². The van der Waals surface area contributed by atoms with Gasteiger partial charge >= 0.3 is 5.97 Å². The molecule has 0 atom stereocenters. The van der Waals surface area contributed by atoms with Crippen LogP contribution in [0.5, 0.6) is 0 Å². The third kappa shape index (κ3) is 2.61. The van der Waals surface area contributed by atoms with Crippen molar-refractivity contribution in [2.24, 2.45) is 0 Å². The number of piperidine rings is 1. The number of aryl methyl sites for hydroxylation is 1. The molecule has 0 bridgehead atoms. The SMILES string of the molecule is Cc1nc(N2CCC(C)(O)CC2)ccc1C(=O)O. The van der Waals surface area contributed by atoms with Crippen LogP contribution >= 0.6 is 0 Å². The Kier molecular flexibility index (Phi) is 3.26. The highest BCUT2D eigenvalue weighted by Gasteiger charge is 2.28. The molecule has 2 heterocycles. The molecule has 5 heteroatoms. The first-order valence-electron chi connectivity index (χ1n) is 6.07. The zero-order valence-electron chi connectivity index (χ0n) is 10.7. The van der Waals surface area contributed by atoms with Crippen LogP contribution in [0.4, 0.5) is 5.82 Å². The molecule has 0 aromatic carbocycles. The molecule has 1 aromatic rings. The molecule has 2 rings (SSSR count). The van der Waals surface area contributed by atoms with E-state index in [0.29, 0.717) is 18.5 Å². The van der Waals surface area contributed by atoms with E-state index in [0.717, 1.165) is 18.9 Å². The van der Waals surface area contributed by atoms with Gasteiger partial charge in [0.25, 0.3) is 0 Å². The molecule has 98 valence electrons. The van der Waals surface area contributed by atoms with Gasteiger partial charge in [0.2, 0.25) is 0 Å². The van der Waals surface area contributed by atoms with Crippen LogP contribution in [-0.2, 0) is 0 Å². The number of anilines is 1. The van der Waals surface area contributed by atoms with Crippen LogP contribution in [0.2, 0.25) is 0 Å². The number of carboxylic acid groups (broad SMARTS) is 1. The van der Waals surface area contributed by atoms with Gasteiger partial charge in [-0.2, -0.15) is 0 Å². The molecule has 0 amide bonds. The second-order valence-corrected chi connectivity index (χ2v) is 5.09. The Bertz CT molecular complexity index is 461. The van der Waals surface area contributed by atoms with Crippen LogP contribution in [0.15, 0.2) is 12.1 Å². The van der Waals surface area contributed by atoms with Gasteiger partial charge in [0.15, 0.2) is 0 Å². The summed E-state index contributed by atoms with van der Waals surface area (Å²) < 4.78 is 0. The number of aromatic nitrogens is 1. The van der Waals surface area contributed by atoms with Gasteiger partial charge in [0, 0.05) is 13.1 Å². The Morgan fingerprint density at radius 2 is 2.00 bits per heavy atom. The van der Waals surface area contributed by atoms with E-state index in [9.17, 15) is 9.90 Å². The monoisotopic (exact) mass is 250 g/mol. The molecule has 18 heavy (non-hydrogen) atoms. The summed E-state index contributed by atoms with van der Waals surface area (Å²) in [5, 5.41) is 18.8. The molecule has 0 aliphatic carbocycles. The number of carboxylic acids is 1. The van der Waals surface area contributed by atoms with Crippen LogP contribution in [0.1, 0.15) is 35.8 Å². The standard InChI is InChI=1S/C13H18N2O3/c1-9-10(12(16)17)3-4-11(14-9)15-7-5-13(2,18)6-8-15/h3-4,18H,5-8H2,1-2H3,(H,16,17). The lowest BCUT2D eigenvalue weighted by Crippen LogP contribution is -2.42. The lowest BCUT2D eigenvalue weighted by atomic mass is 9.94. The van der Waals surface area contributed by atoms with E-state index < -0.39 is 11.6 Å². The first kappa shape index (κ1) is 12.8. The number of carbonyl (C=O) groups is 1. The minimum Gasteiger partial charge on any atom is -0.478 e. The molecular formula is C13H18N2O3. The third-order valence-electron chi connectivity index (χ3n) is 3.47. The highest BCUT2D eigenvalue weighted by molar-refractivity contribution is 5.89. The molecule has 1 fully saturated rings. The summed E-state index contributed by atoms with van der Waals surface area (Å²) in [7, 11) is 0. The van der Waals surface area contributed by atoms with Crippen molar-refractivity contribution in [1.29, 1.82) is 0 Å². The Hall–Kier alpha value is -1.62. The molecule has 1 aliphatic heterocycles. The van der Waals surface area contributed by atoms with Crippen molar-refractivity contribution in [1.82, 2.24) is 4.98 Å². The average molecular weight is 250 g/mol. The largest absolute Gasteiger partial charge is 0.478 e. The normalized spacial score (nSPS) is 18.7. The number of aromatic carboxylic acids is 1.